The fourth-order valence-corrected chi connectivity index (χ4v) is 6.05. The van der Waals surface area contributed by atoms with E-state index in [0.717, 1.165) is 22.1 Å². The van der Waals surface area contributed by atoms with Crippen LogP contribution in [0.5, 0.6) is 17.2 Å². The first-order chi connectivity index (χ1) is 15.5. The second kappa shape index (κ2) is 9.35. The molecule has 10 heteroatoms. The van der Waals surface area contributed by atoms with Crippen LogP contribution in [-0.2, 0) is 10.0 Å². The predicted molar refractivity (Wildman–Crippen MR) is 125 cm³/mol. The van der Waals surface area contributed by atoms with Gasteiger partial charge in [0.2, 0.25) is 10.0 Å². The van der Waals surface area contributed by atoms with Crippen molar-refractivity contribution in [2.75, 3.05) is 52.4 Å². The maximum absolute atomic E-state index is 13.3. The van der Waals surface area contributed by atoms with Gasteiger partial charge in [0, 0.05) is 43.2 Å². The molecule has 0 aliphatic carbocycles. The molecule has 0 spiro atoms. The Morgan fingerprint density at radius 2 is 1.62 bits per heavy atom. The molecule has 1 saturated heterocycles. The van der Waals surface area contributed by atoms with Crippen LogP contribution in [0.25, 0.3) is 11.3 Å². The molecule has 0 amide bonds. The molecule has 0 unspecified atom stereocenters. The molecule has 1 fully saturated rings. The Balaban J connectivity index is 1.48. The lowest BCUT2D eigenvalue weighted by Crippen LogP contribution is -2.48. The Bertz CT molecular complexity index is 1190. The van der Waals surface area contributed by atoms with E-state index in [1.165, 1.54) is 24.6 Å². The van der Waals surface area contributed by atoms with Crippen molar-refractivity contribution < 1.29 is 22.6 Å². The summed E-state index contributed by atoms with van der Waals surface area (Å²) in [5.74, 6) is 1.55. The van der Waals surface area contributed by atoms with Gasteiger partial charge in [0.25, 0.3) is 0 Å². The molecule has 0 bridgehead atoms. The van der Waals surface area contributed by atoms with Gasteiger partial charge >= 0.3 is 0 Å². The van der Waals surface area contributed by atoms with E-state index in [9.17, 15) is 8.42 Å². The molecule has 0 saturated carbocycles. The summed E-state index contributed by atoms with van der Waals surface area (Å²) in [5, 5.41) is 2.88. The van der Waals surface area contributed by atoms with Crippen LogP contribution in [0.4, 0.5) is 5.13 Å². The minimum atomic E-state index is -3.72. The number of ether oxygens (including phenoxy) is 3. The Kier molecular flexibility index (Phi) is 6.54. The lowest BCUT2D eigenvalue weighted by molar-refractivity contribution is 0.370. The highest BCUT2D eigenvalue weighted by Gasteiger charge is 2.32. The average molecular weight is 476 g/mol. The number of benzene rings is 2. The highest BCUT2D eigenvalue weighted by Crippen LogP contribution is 2.33. The third-order valence-corrected chi connectivity index (χ3v) is 8.18. The Morgan fingerprint density at radius 1 is 0.906 bits per heavy atom. The van der Waals surface area contributed by atoms with E-state index in [1.54, 1.807) is 30.6 Å². The number of nitrogens with zero attached hydrogens (tertiary/aromatic N) is 3. The van der Waals surface area contributed by atoms with Crippen molar-refractivity contribution in [3.05, 3.63) is 47.8 Å². The van der Waals surface area contributed by atoms with Crippen molar-refractivity contribution in [2.24, 2.45) is 0 Å². The number of aromatic nitrogens is 1. The van der Waals surface area contributed by atoms with Gasteiger partial charge in [0.05, 0.1) is 27.0 Å². The number of thiazole rings is 1. The van der Waals surface area contributed by atoms with Gasteiger partial charge in [-0.05, 0) is 24.3 Å². The van der Waals surface area contributed by atoms with Crippen LogP contribution in [0.2, 0.25) is 0 Å². The molecule has 0 atom stereocenters. The van der Waals surface area contributed by atoms with Gasteiger partial charge in [-0.25, -0.2) is 13.4 Å². The summed E-state index contributed by atoms with van der Waals surface area (Å²) in [6.07, 6.45) is 0. The number of piperazine rings is 1. The predicted octanol–water partition coefficient (Wildman–Crippen LogP) is 3.35. The highest BCUT2D eigenvalue weighted by molar-refractivity contribution is 7.89. The zero-order chi connectivity index (χ0) is 22.7. The lowest BCUT2D eigenvalue weighted by Gasteiger charge is -2.34. The minimum absolute atomic E-state index is 0.113. The fourth-order valence-electron chi connectivity index (χ4n) is 3.57. The molecule has 170 valence electrons. The molecular weight excluding hydrogens is 450 g/mol. The van der Waals surface area contributed by atoms with Crippen LogP contribution in [-0.4, -0.2) is 65.2 Å². The maximum Gasteiger partial charge on any atom is 0.247 e. The smallest absolute Gasteiger partial charge is 0.247 e. The van der Waals surface area contributed by atoms with Crippen molar-refractivity contribution in [1.82, 2.24) is 9.29 Å². The quantitative estimate of drug-likeness (QED) is 0.518. The molecule has 0 radical (unpaired) electrons. The molecule has 1 aliphatic heterocycles. The van der Waals surface area contributed by atoms with E-state index in [0.29, 0.717) is 37.7 Å². The van der Waals surface area contributed by atoms with Crippen molar-refractivity contribution in [1.29, 1.82) is 0 Å². The van der Waals surface area contributed by atoms with Crippen molar-refractivity contribution in [3.63, 3.8) is 0 Å². The van der Waals surface area contributed by atoms with Gasteiger partial charge in [0.15, 0.2) is 5.13 Å². The maximum atomic E-state index is 13.3. The van der Waals surface area contributed by atoms with Gasteiger partial charge in [0.1, 0.15) is 22.1 Å². The number of sulfonamides is 1. The number of anilines is 1. The fraction of sp³-hybridized carbons (Fsp3) is 0.318. The van der Waals surface area contributed by atoms with E-state index in [4.69, 9.17) is 19.2 Å². The summed E-state index contributed by atoms with van der Waals surface area (Å²) in [6.45, 7) is 1.82. The summed E-state index contributed by atoms with van der Waals surface area (Å²) in [5.41, 5.74) is 1.86. The molecule has 0 N–H and O–H groups in total. The third-order valence-electron chi connectivity index (χ3n) is 5.36. The molecular formula is C22H25N3O5S2. The standard InChI is InChI=1S/C22H25N3O5S2/c1-28-17-6-4-5-16(13-17)19-15-31-22(23-19)24-9-11-25(12-10-24)32(26,27)21-14-18(29-2)7-8-20(21)30-3/h4-8,13-15H,9-12H2,1-3H3. The van der Waals surface area contributed by atoms with E-state index < -0.39 is 10.0 Å². The summed E-state index contributed by atoms with van der Waals surface area (Å²) in [7, 11) is 0.886. The van der Waals surface area contributed by atoms with Crippen LogP contribution in [0.1, 0.15) is 0 Å². The van der Waals surface area contributed by atoms with E-state index >= 15 is 0 Å². The molecule has 2 aromatic carbocycles. The Hall–Kier alpha value is -2.82. The first kappa shape index (κ1) is 22.4. The normalized spacial score (nSPS) is 14.9. The number of rotatable bonds is 7. The number of hydrogen-bond acceptors (Lipinski definition) is 8. The minimum Gasteiger partial charge on any atom is -0.497 e. The largest absolute Gasteiger partial charge is 0.497 e. The summed E-state index contributed by atoms with van der Waals surface area (Å²) in [6, 6.07) is 12.6. The first-order valence-corrected chi connectivity index (χ1v) is 12.4. The number of methoxy groups -OCH3 is 3. The molecule has 2 heterocycles. The first-order valence-electron chi connectivity index (χ1n) is 10.0. The molecule has 4 rings (SSSR count). The summed E-state index contributed by atoms with van der Waals surface area (Å²) >= 11 is 1.55. The average Bonchev–Trinajstić information content (AvgIpc) is 3.34. The van der Waals surface area contributed by atoms with Crippen LogP contribution in [0.3, 0.4) is 0 Å². The second-order valence-electron chi connectivity index (χ2n) is 7.16. The van der Waals surface area contributed by atoms with Gasteiger partial charge in [-0.1, -0.05) is 12.1 Å². The monoisotopic (exact) mass is 475 g/mol. The SMILES string of the molecule is COc1cccc(-c2csc(N3CCN(S(=O)(=O)c4cc(OC)ccc4OC)CC3)n2)c1. The molecule has 1 aromatic heterocycles. The van der Waals surface area contributed by atoms with E-state index in [2.05, 4.69) is 4.90 Å². The Morgan fingerprint density at radius 3 is 2.31 bits per heavy atom. The molecule has 1 aliphatic rings. The molecule has 3 aromatic rings. The van der Waals surface area contributed by atoms with Crippen molar-refractivity contribution >= 4 is 26.5 Å². The molecule has 8 nitrogen and oxygen atoms in total. The summed E-state index contributed by atoms with van der Waals surface area (Å²) in [4.78, 5) is 6.99. The van der Waals surface area contributed by atoms with Crippen molar-refractivity contribution in [2.45, 2.75) is 4.90 Å². The highest BCUT2D eigenvalue weighted by atomic mass is 32.2. The van der Waals surface area contributed by atoms with E-state index in [1.807, 2.05) is 29.6 Å². The van der Waals surface area contributed by atoms with Crippen LogP contribution < -0.4 is 19.1 Å². The summed E-state index contributed by atoms with van der Waals surface area (Å²) < 4.78 is 43.8. The zero-order valence-corrected chi connectivity index (χ0v) is 19.8. The second-order valence-corrected chi connectivity index (χ2v) is 9.90. The van der Waals surface area contributed by atoms with Gasteiger partial charge in [-0.3, -0.25) is 0 Å². The Labute approximate surface area is 192 Å². The topological polar surface area (TPSA) is 81.2 Å². The molecule has 32 heavy (non-hydrogen) atoms. The van der Waals surface area contributed by atoms with Crippen molar-refractivity contribution in [3.8, 4) is 28.5 Å². The zero-order valence-electron chi connectivity index (χ0n) is 18.1. The lowest BCUT2D eigenvalue weighted by atomic mass is 10.2. The van der Waals surface area contributed by atoms with Crippen LogP contribution in [0.15, 0.2) is 52.7 Å². The van der Waals surface area contributed by atoms with Gasteiger partial charge in [-0.2, -0.15) is 4.31 Å². The van der Waals surface area contributed by atoms with Gasteiger partial charge in [-0.15, -0.1) is 11.3 Å². The van der Waals surface area contributed by atoms with Crippen LogP contribution in [0, 0.1) is 0 Å². The third kappa shape index (κ3) is 4.38. The number of hydrogen-bond donors (Lipinski definition) is 0. The van der Waals surface area contributed by atoms with Gasteiger partial charge < -0.3 is 19.1 Å². The van der Waals surface area contributed by atoms with E-state index in [-0.39, 0.29) is 4.90 Å². The van der Waals surface area contributed by atoms with Crippen LogP contribution >= 0.6 is 11.3 Å².